The summed E-state index contributed by atoms with van der Waals surface area (Å²) in [5.41, 5.74) is -0.921. The third kappa shape index (κ3) is 5.32. The van der Waals surface area contributed by atoms with Crippen molar-refractivity contribution >= 4 is 5.91 Å². The van der Waals surface area contributed by atoms with Crippen molar-refractivity contribution in [3.8, 4) is 5.75 Å². The topological polar surface area (TPSA) is 82.0 Å². The molecule has 0 saturated carbocycles. The van der Waals surface area contributed by atoms with Crippen LogP contribution in [0.4, 0.5) is 13.2 Å². The summed E-state index contributed by atoms with van der Waals surface area (Å²) < 4.78 is 43.7. The minimum atomic E-state index is -4.55. The maximum atomic E-state index is 12.9. The fraction of sp³-hybridized carbons (Fsp3) is 0.562. The average molecular weight is 362 g/mol. The number of alkyl halides is 3. The highest BCUT2D eigenvalue weighted by atomic mass is 19.4. The number of rotatable bonds is 6. The normalized spacial score (nSPS) is 21.8. The molecule has 0 aromatic heterocycles. The molecule has 1 amide bonds. The fourth-order valence-corrected chi connectivity index (χ4v) is 2.64. The maximum Gasteiger partial charge on any atom is 0.419 e. The fourth-order valence-electron chi connectivity index (χ4n) is 2.64. The number of hydrogen-bond donors (Lipinski definition) is 3. The number of nitrogens with zero attached hydrogens (tertiary/aromatic N) is 1. The molecular formula is C16H21F3N2O4. The van der Waals surface area contributed by atoms with Crippen molar-refractivity contribution in [1.82, 2.24) is 10.2 Å². The van der Waals surface area contributed by atoms with Gasteiger partial charge in [0.2, 0.25) is 5.91 Å². The van der Waals surface area contributed by atoms with Crippen LogP contribution in [0.25, 0.3) is 0 Å². The first kappa shape index (κ1) is 19.5. The summed E-state index contributed by atoms with van der Waals surface area (Å²) >= 11 is 0. The highest BCUT2D eigenvalue weighted by Gasteiger charge is 2.34. The van der Waals surface area contributed by atoms with E-state index in [1.807, 2.05) is 0 Å². The Hall–Kier alpha value is -1.84. The molecule has 25 heavy (non-hydrogen) atoms. The number of aliphatic hydroxyl groups is 2. The molecular weight excluding hydrogens is 341 g/mol. The van der Waals surface area contributed by atoms with Crippen LogP contribution in [0.1, 0.15) is 12.0 Å². The number of likely N-dealkylation sites (N-methyl/N-ethyl adjacent to an activating group) is 1. The Morgan fingerprint density at radius 3 is 2.72 bits per heavy atom. The molecule has 0 aliphatic carbocycles. The van der Waals surface area contributed by atoms with Crippen molar-refractivity contribution in [1.29, 1.82) is 0 Å². The minimum absolute atomic E-state index is 0.0959. The molecule has 1 heterocycles. The van der Waals surface area contributed by atoms with Crippen LogP contribution in [-0.2, 0) is 11.0 Å². The predicted molar refractivity (Wildman–Crippen MR) is 83.0 cm³/mol. The van der Waals surface area contributed by atoms with Crippen LogP contribution in [0.2, 0.25) is 0 Å². The summed E-state index contributed by atoms with van der Waals surface area (Å²) in [6, 6.07) is 4.20. The van der Waals surface area contributed by atoms with Gasteiger partial charge in [-0.25, -0.2) is 0 Å². The van der Waals surface area contributed by atoms with Crippen molar-refractivity contribution < 1.29 is 32.9 Å². The van der Waals surface area contributed by atoms with E-state index in [1.165, 1.54) is 30.1 Å². The summed E-state index contributed by atoms with van der Waals surface area (Å²) in [7, 11) is 1.47. The van der Waals surface area contributed by atoms with Gasteiger partial charge in [0, 0.05) is 20.1 Å². The summed E-state index contributed by atoms with van der Waals surface area (Å²) in [6.45, 7) is -0.156. The molecule has 1 fully saturated rings. The van der Waals surface area contributed by atoms with E-state index in [-0.39, 0.29) is 31.2 Å². The smallest absolute Gasteiger partial charge is 0.419 e. The molecule has 3 N–H and O–H groups in total. The lowest BCUT2D eigenvalue weighted by molar-refractivity contribution is -0.139. The van der Waals surface area contributed by atoms with Gasteiger partial charge in [0.1, 0.15) is 18.5 Å². The second-order valence-corrected chi connectivity index (χ2v) is 6.03. The van der Waals surface area contributed by atoms with Gasteiger partial charge in [-0.3, -0.25) is 4.79 Å². The summed E-state index contributed by atoms with van der Waals surface area (Å²) in [6.07, 6.45) is -6.01. The highest BCUT2D eigenvalue weighted by molar-refractivity contribution is 5.82. The Morgan fingerprint density at radius 1 is 1.44 bits per heavy atom. The molecule has 1 saturated heterocycles. The number of para-hydroxylation sites is 1. The largest absolute Gasteiger partial charge is 0.490 e. The van der Waals surface area contributed by atoms with E-state index in [0.717, 1.165) is 6.07 Å². The standard InChI is InChI=1S/C16H21F3N2O4/c1-21(15(24)13-6-10(22)7-20-13)8-11(23)9-25-14-5-3-2-4-12(14)16(17,18)19/h2-5,10-11,13,20,22-23H,6-9H2,1H3/t10-,11+,13+/m1/s1. The zero-order chi connectivity index (χ0) is 18.6. The molecule has 2 rings (SSSR count). The zero-order valence-electron chi connectivity index (χ0n) is 13.7. The second kappa shape index (κ2) is 8.03. The molecule has 1 aromatic rings. The molecule has 1 aromatic carbocycles. The van der Waals surface area contributed by atoms with E-state index in [2.05, 4.69) is 5.32 Å². The quantitative estimate of drug-likeness (QED) is 0.692. The number of β-amino-alcohol motifs (C(OH)–C–C–N with tert-alkyl or cyclic N) is 1. The van der Waals surface area contributed by atoms with Crippen LogP contribution in [0.3, 0.4) is 0 Å². The van der Waals surface area contributed by atoms with Crippen LogP contribution in [-0.4, -0.2) is 66.0 Å². The summed E-state index contributed by atoms with van der Waals surface area (Å²) in [5, 5.41) is 22.2. The van der Waals surface area contributed by atoms with E-state index in [1.54, 1.807) is 0 Å². The molecule has 1 aliphatic rings. The molecule has 0 unspecified atom stereocenters. The maximum absolute atomic E-state index is 12.9. The molecule has 1 aliphatic heterocycles. The van der Waals surface area contributed by atoms with Gasteiger partial charge in [0.25, 0.3) is 0 Å². The van der Waals surface area contributed by atoms with Crippen molar-refractivity contribution in [2.45, 2.75) is 30.8 Å². The zero-order valence-corrected chi connectivity index (χ0v) is 13.7. The predicted octanol–water partition coefficient (Wildman–Crippen LogP) is 0.626. The number of hydrogen-bond acceptors (Lipinski definition) is 5. The molecule has 0 radical (unpaired) electrons. The number of carbonyl (C=O) groups excluding carboxylic acids is 1. The molecule has 9 heteroatoms. The minimum Gasteiger partial charge on any atom is -0.490 e. The van der Waals surface area contributed by atoms with Crippen LogP contribution in [0.15, 0.2) is 24.3 Å². The Labute approximate surface area is 143 Å². The summed E-state index contributed by atoms with van der Waals surface area (Å²) in [5.74, 6) is -0.671. The van der Waals surface area contributed by atoms with Crippen molar-refractivity contribution in [3.63, 3.8) is 0 Å². The van der Waals surface area contributed by atoms with Crippen LogP contribution >= 0.6 is 0 Å². The average Bonchev–Trinajstić information content (AvgIpc) is 2.98. The van der Waals surface area contributed by atoms with Crippen LogP contribution in [0.5, 0.6) is 5.75 Å². The number of benzene rings is 1. The van der Waals surface area contributed by atoms with Gasteiger partial charge < -0.3 is 25.2 Å². The SMILES string of the molecule is CN(C[C@H](O)COc1ccccc1C(F)(F)F)C(=O)[C@@H]1C[C@@H](O)CN1. The molecule has 3 atom stereocenters. The van der Waals surface area contributed by atoms with Gasteiger partial charge in [-0.2, -0.15) is 13.2 Å². The van der Waals surface area contributed by atoms with Crippen molar-refractivity contribution in [3.05, 3.63) is 29.8 Å². The second-order valence-electron chi connectivity index (χ2n) is 6.03. The van der Waals surface area contributed by atoms with Gasteiger partial charge in [-0.05, 0) is 18.6 Å². The number of ether oxygens (including phenoxy) is 1. The number of aliphatic hydroxyl groups excluding tert-OH is 2. The van der Waals surface area contributed by atoms with Gasteiger partial charge in [-0.1, -0.05) is 12.1 Å². The lowest BCUT2D eigenvalue weighted by Crippen LogP contribution is -2.45. The van der Waals surface area contributed by atoms with E-state index in [9.17, 15) is 28.2 Å². The first-order valence-electron chi connectivity index (χ1n) is 7.82. The van der Waals surface area contributed by atoms with E-state index >= 15 is 0 Å². The Bertz CT molecular complexity index is 597. The van der Waals surface area contributed by atoms with Gasteiger partial charge >= 0.3 is 6.18 Å². The number of nitrogens with one attached hydrogen (secondary N) is 1. The van der Waals surface area contributed by atoms with E-state index in [4.69, 9.17) is 4.74 Å². The number of halogens is 3. The van der Waals surface area contributed by atoms with Crippen molar-refractivity contribution in [2.75, 3.05) is 26.7 Å². The lowest BCUT2D eigenvalue weighted by Gasteiger charge is -2.24. The Balaban J connectivity index is 1.87. The third-order valence-corrected chi connectivity index (χ3v) is 3.89. The first-order valence-corrected chi connectivity index (χ1v) is 7.82. The number of amides is 1. The molecule has 6 nitrogen and oxygen atoms in total. The van der Waals surface area contributed by atoms with Crippen LogP contribution in [0, 0.1) is 0 Å². The Morgan fingerprint density at radius 2 is 2.12 bits per heavy atom. The number of carbonyl (C=O) groups is 1. The van der Waals surface area contributed by atoms with Crippen LogP contribution < -0.4 is 10.1 Å². The van der Waals surface area contributed by atoms with E-state index < -0.39 is 30.0 Å². The Kier molecular flexibility index (Phi) is 6.26. The molecule has 0 bridgehead atoms. The lowest BCUT2D eigenvalue weighted by atomic mass is 10.2. The van der Waals surface area contributed by atoms with E-state index in [0.29, 0.717) is 6.54 Å². The molecule has 140 valence electrons. The third-order valence-electron chi connectivity index (χ3n) is 3.89. The van der Waals surface area contributed by atoms with Gasteiger partial charge in [-0.15, -0.1) is 0 Å². The summed E-state index contributed by atoms with van der Waals surface area (Å²) in [4.78, 5) is 13.4. The van der Waals surface area contributed by atoms with Gasteiger partial charge in [0.05, 0.1) is 17.7 Å². The highest BCUT2D eigenvalue weighted by Crippen LogP contribution is 2.35. The van der Waals surface area contributed by atoms with Crippen molar-refractivity contribution in [2.24, 2.45) is 0 Å². The monoisotopic (exact) mass is 362 g/mol. The first-order chi connectivity index (χ1) is 11.7. The van der Waals surface area contributed by atoms with Gasteiger partial charge in [0.15, 0.2) is 0 Å². The molecule has 0 spiro atoms.